The molecule has 0 amide bonds. The van der Waals surface area contributed by atoms with E-state index >= 15 is 0 Å². The Morgan fingerprint density at radius 2 is 2.09 bits per heavy atom. The maximum absolute atomic E-state index is 11.3. The number of hydrogen-bond donors (Lipinski definition) is 2. The minimum absolute atomic E-state index is 0.127. The summed E-state index contributed by atoms with van der Waals surface area (Å²) in [5.74, 6) is 0. The first-order valence-corrected chi connectivity index (χ1v) is 9.91. The van der Waals surface area contributed by atoms with Gasteiger partial charge >= 0.3 is 141 Å². The SMILES string of the molecule is Cc1cc(=O)[nH]nc1-c1ccc(NC2=CC=[N+](C)[I-]CC2)cc1. The molecule has 23 heavy (non-hydrogen) atoms. The van der Waals surface area contributed by atoms with Crippen LogP contribution in [0, 0.1) is 6.92 Å². The Morgan fingerprint density at radius 1 is 1.30 bits per heavy atom. The van der Waals surface area contributed by atoms with E-state index in [1.54, 1.807) is 6.07 Å². The molecule has 0 aliphatic carbocycles. The zero-order valence-corrected chi connectivity index (χ0v) is 15.3. The van der Waals surface area contributed by atoms with Crippen LogP contribution >= 0.6 is 0 Å². The summed E-state index contributed by atoms with van der Waals surface area (Å²) in [4.78, 5) is 11.3. The number of H-pyrrole nitrogens is 1. The van der Waals surface area contributed by atoms with Crippen molar-refractivity contribution in [2.24, 2.45) is 0 Å². The number of aromatic amines is 1. The van der Waals surface area contributed by atoms with Gasteiger partial charge in [-0.05, 0) is 0 Å². The first-order chi connectivity index (χ1) is 11.1. The fourth-order valence-corrected chi connectivity index (χ4v) is 4.35. The Kier molecular flexibility index (Phi) is 4.90. The van der Waals surface area contributed by atoms with Crippen molar-refractivity contribution < 1.29 is 24.3 Å². The Labute approximate surface area is 145 Å². The van der Waals surface area contributed by atoms with E-state index in [1.165, 1.54) is 10.1 Å². The van der Waals surface area contributed by atoms with Crippen LogP contribution in [0.5, 0.6) is 0 Å². The second kappa shape index (κ2) is 7.08. The number of anilines is 1. The molecule has 0 atom stereocenters. The topological polar surface area (TPSA) is 60.8 Å². The number of hydrogen-bond acceptors (Lipinski definition) is 3. The van der Waals surface area contributed by atoms with E-state index in [-0.39, 0.29) is 27.0 Å². The van der Waals surface area contributed by atoms with Crippen molar-refractivity contribution in [2.45, 2.75) is 13.3 Å². The summed E-state index contributed by atoms with van der Waals surface area (Å²) in [5.41, 5.74) is 4.83. The standard InChI is InChI=1S/C17H19IN4O/c1-12-11-16(23)20-21-17(12)13-3-5-14(6-4-13)19-15-7-9-18-22(2)10-8-15/h3-6,8,10-11,19H,7,9H2,1-2H3,(H,20,23). The van der Waals surface area contributed by atoms with E-state index in [2.05, 4.69) is 37.6 Å². The summed E-state index contributed by atoms with van der Waals surface area (Å²) in [5, 5.41) is 10.1. The van der Waals surface area contributed by atoms with Crippen LogP contribution in [0.25, 0.3) is 11.3 Å². The van der Waals surface area contributed by atoms with Crippen LogP contribution in [-0.2, 0) is 0 Å². The quantitative estimate of drug-likeness (QED) is 0.386. The monoisotopic (exact) mass is 422 g/mol. The molecule has 1 aromatic carbocycles. The zero-order chi connectivity index (χ0) is 16.2. The third-order valence-corrected chi connectivity index (χ3v) is 6.00. The maximum atomic E-state index is 11.3. The van der Waals surface area contributed by atoms with Crippen LogP contribution in [0.2, 0.25) is 0 Å². The number of nitrogens with zero attached hydrogens (tertiary/aromatic N) is 2. The zero-order valence-electron chi connectivity index (χ0n) is 13.1. The fourth-order valence-electron chi connectivity index (χ4n) is 2.38. The summed E-state index contributed by atoms with van der Waals surface area (Å²) < 4.78 is 3.56. The van der Waals surface area contributed by atoms with Crippen molar-refractivity contribution in [3.05, 3.63) is 58.0 Å². The molecule has 2 N–H and O–H groups in total. The Morgan fingerprint density at radius 3 is 2.83 bits per heavy atom. The molecule has 2 aromatic rings. The third kappa shape index (κ3) is 4.07. The normalized spacial score (nSPS) is 15.0. The number of alkyl halides is 1. The number of allylic oxidation sites excluding steroid dienone is 2. The van der Waals surface area contributed by atoms with Gasteiger partial charge in [0.25, 0.3) is 0 Å². The van der Waals surface area contributed by atoms with Crippen LogP contribution < -0.4 is 32.4 Å². The molecule has 1 aliphatic rings. The van der Waals surface area contributed by atoms with Gasteiger partial charge in [-0.3, -0.25) is 4.79 Å². The van der Waals surface area contributed by atoms with E-state index in [0.29, 0.717) is 0 Å². The molecule has 5 nitrogen and oxygen atoms in total. The van der Waals surface area contributed by atoms with E-state index in [9.17, 15) is 4.79 Å². The van der Waals surface area contributed by atoms with E-state index in [1.807, 2.05) is 31.2 Å². The number of halogens is 1. The van der Waals surface area contributed by atoms with Gasteiger partial charge in [-0.25, -0.2) is 0 Å². The Balaban J connectivity index is 1.78. The molecule has 120 valence electrons. The van der Waals surface area contributed by atoms with Gasteiger partial charge in [-0.1, -0.05) is 0 Å². The molecular formula is C17H19IN4O. The van der Waals surface area contributed by atoms with Crippen molar-refractivity contribution in [3.63, 3.8) is 0 Å². The van der Waals surface area contributed by atoms with Crippen LogP contribution in [0.4, 0.5) is 5.69 Å². The molecule has 0 bridgehead atoms. The van der Waals surface area contributed by atoms with Crippen molar-refractivity contribution in [2.75, 3.05) is 16.8 Å². The van der Waals surface area contributed by atoms with Gasteiger partial charge in [0, 0.05) is 0 Å². The predicted octanol–water partition coefficient (Wildman–Crippen LogP) is -0.838. The summed E-state index contributed by atoms with van der Waals surface area (Å²) in [7, 11) is 2.14. The molecule has 3 rings (SSSR count). The Hall–Kier alpha value is -1.96. The average molecular weight is 422 g/mol. The molecule has 0 spiro atoms. The molecule has 2 heterocycles. The van der Waals surface area contributed by atoms with Crippen molar-refractivity contribution in [1.29, 1.82) is 0 Å². The van der Waals surface area contributed by atoms with Gasteiger partial charge < -0.3 is 0 Å². The molecule has 0 radical (unpaired) electrons. The molecule has 1 aromatic heterocycles. The third-order valence-electron chi connectivity index (χ3n) is 3.58. The van der Waals surface area contributed by atoms with Crippen LogP contribution in [0.15, 0.2) is 46.9 Å². The molecule has 0 saturated heterocycles. The second-order valence-corrected chi connectivity index (χ2v) is 8.67. The first-order valence-electron chi connectivity index (χ1n) is 7.42. The molecular weight excluding hydrogens is 403 g/mol. The van der Waals surface area contributed by atoms with Crippen molar-refractivity contribution in [3.8, 4) is 11.3 Å². The van der Waals surface area contributed by atoms with Gasteiger partial charge in [0.05, 0.1) is 0 Å². The Bertz CT molecular complexity index is 821. The van der Waals surface area contributed by atoms with Crippen molar-refractivity contribution in [1.82, 2.24) is 10.2 Å². The number of benzene rings is 1. The summed E-state index contributed by atoms with van der Waals surface area (Å²) in [6, 6.07) is 9.71. The molecule has 0 fully saturated rings. The van der Waals surface area contributed by atoms with Crippen molar-refractivity contribution >= 4 is 11.9 Å². The van der Waals surface area contributed by atoms with Crippen LogP contribution in [-0.4, -0.2) is 30.7 Å². The average Bonchev–Trinajstić information content (AvgIpc) is 2.73. The fraction of sp³-hybridized carbons (Fsp3) is 0.235. The van der Waals surface area contributed by atoms with Gasteiger partial charge in [0.1, 0.15) is 0 Å². The second-order valence-electron chi connectivity index (χ2n) is 5.39. The van der Waals surface area contributed by atoms with Gasteiger partial charge in [-0.15, -0.1) is 0 Å². The number of aryl methyl sites for hydroxylation is 1. The number of rotatable bonds is 3. The van der Waals surface area contributed by atoms with E-state index in [0.717, 1.165) is 28.9 Å². The molecule has 0 saturated carbocycles. The first kappa shape index (κ1) is 15.9. The van der Waals surface area contributed by atoms with Crippen LogP contribution in [0.1, 0.15) is 12.0 Å². The number of aromatic nitrogens is 2. The van der Waals surface area contributed by atoms with Gasteiger partial charge in [0.2, 0.25) is 0 Å². The number of nitrogens with one attached hydrogen (secondary N) is 2. The molecule has 6 heteroatoms. The van der Waals surface area contributed by atoms with E-state index in [4.69, 9.17) is 0 Å². The summed E-state index contributed by atoms with van der Waals surface area (Å²) >= 11 is 0.127. The molecule has 0 unspecified atom stereocenters. The molecule has 1 aliphatic heterocycles. The van der Waals surface area contributed by atoms with Crippen LogP contribution in [0.3, 0.4) is 0 Å². The summed E-state index contributed by atoms with van der Waals surface area (Å²) in [6.07, 6.45) is 5.41. The van der Waals surface area contributed by atoms with E-state index < -0.39 is 0 Å². The predicted molar refractivity (Wildman–Crippen MR) is 88.5 cm³/mol. The minimum atomic E-state index is -0.172. The van der Waals surface area contributed by atoms with Gasteiger partial charge in [-0.2, -0.15) is 0 Å². The van der Waals surface area contributed by atoms with Gasteiger partial charge in [0.15, 0.2) is 0 Å². The summed E-state index contributed by atoms with van der Waals surface area (Å²) in [6.45, 7) is 1.90.